The molecule has 0 bridgehead atoms. The van der Waals surface area contributed by atoms with E-state index in [9.17, 15) is 0 Å². The monoisotopic (exact) mass is 325 g/mol. The molecule has 0 aliphatic heterocycles. The molecule has 0 spiro atoms. The molecule has 1 N–H and O–H groups in total. The summed E-state index contributed by atoms with van der Waals surface area (Å²) in [5, 5.41) is 4.54. The van der Waals surface area contributed by atoms with Crippen molar-refractivity contribution in [1.29, 1.82) is 0 Å². The van der Waals surface area contributed by atoms with E-state index in [0.29, 0.717) is 28.9 Å². The zero-order valence-electron chi connectivity index (χ0n) is 12.0. The fourth-order valence-electron chi connectivity index (χ4n) is 1.91. The Hall–Kier alpha value is -1.58. The Morgan fingerprint density at radius 1 is 1.05 bits per heavy atom. The molecule has 0 aromatic heterocycles. The Balaban J connectivity index is 1.83. The normalized spacial score (nSPS) is 10.3. The van der Waals surface area contributed by atoms with Crippen LogP contribution < -0.4 is 14.8 Å². The molecule has 0 unspecified atom stereocenters. The lowest BCUT2D eigenvalue weighted by Gasteiger charge is -2.11. The maximum absolute atomic E-state index is 6.07. The number of hydrogen-bond acceptors (Lipinski definition) is 3. The summed E-state index contributed by atoms with van der Waals surface area (Å²) in [7, 11) is 1.59. The number of rotatable bonds is 6. The Labute approximate surface area is 134 Å². The maximum atomic E-state index is 6.07. The highest BCUT2D eigenvalue weighted by Gasteiger charge is 2.02. The van der Waals surface area contributed by atoms with Crippen LogP contribution in [0.3, 0.4) is 0 Å². The molecule has 0 amide bonds. The van der Waals surface area contributed by atoms with E-state index < -0.39 is 0 Å². The minimum absolute atomic E-state index is 0.548. The van der Waals surface area contributed by atoms with Crippen LogP contribution in [0.2, 0.25) is 10.0 Å². The lowest BCUT2D eigenvalue weighted by atomic mass is 10.2. The molecule has 0 atom stereocenters. The van der Waals surface area contributed by atoms with E-state index in [1.54, 1.807) is 7.11 Å². The second-order valence-electron chi connectivity index (χ2n) is 4.53. The van der Waals surface area contributed by atoms with Crippen molar-refractivity contribution in [3.05, 3.63) is 52.0 Å². The van der Waals surface area contributed by atoms with Crippen molar-refractivity contribution in [3.63, 3.8) is 0 Å². The largest absolute Gasteiger partial charge is 0.495 e. The van der Waals surface area contributed by atoms with Gasteiger partial charge in [-0.15, -0.1) is 0 Å². The third-order valence-corrected chi connectivity index (χ3v) is 3.51. The molecule has 0 aliphatic rings. The quantitative estimate of drug-likeness (QED) is 0.774. The van der Waals surface area contributed by atoms with Gasteiger partial charge >= 0.3 is 0 Å². The van der Waals surface area contributed by atoms with Gasteiger partial charge in [0, 0.05) is 17.3 Å². The first-order valence-electron chi connectivity index (χ1n) is 6.56. The number of ether oxygens (including phenoxy) is 2. The number of methoxy groups -OCH3 is 1. The summed E-state index contributed by atoms with van der Waals surface area (Å²) in [6.45, 7) is 3.19. The van der Waals surface area contributed by atoms with Crippen molar-refractivity contribution in [1.82, 2.24) is 0 Å². The Morgan fingerprint density at radius 3 is 2.48 bits per heavy atom. The van der Waals surface area contributed by atoms with Gasteiger partial charge in [-0.2, -0.15) is 0 Å². The fourth-order valence-corrected chi connectivity index (χ4v) is 2.39. The molecule has 21 heavy (non-hydrogen) atoms. The van der Waals surface area contributed by atoms with Gasteiger partial charge in [-0.05, 0) is 48.9 Å². The Bertz CT molecular complexity index is 617. The Kier molecular flexibility index (Phi) is 5.59. The van der Waals surface area contributed by atoms with Crippen molar-refractivity contribution in [2.45, 2.75) is 6.92 Å². The molecule has 5 heteroatoms. The molecule has 0 saturated carbocycles. The van der Waals surface area contributed by atoms with E-state index in [4.69, 9.17) is 32.7 Å². The molecule has 2 aromatic carbocycles. The van der Waals surface area contributed by atoms with Crippen molar-refractivity contribution >= 4 is 28.9 Å². The van der Waals surface area contributed by atoms with Crippen LogP contribution in [0.25, 0.3) is 0 Å². The summed E-state index contributed by atoms with van der Waals surface area (Å²) in [6.07, 6.45) is 0. The minimum Gasteiger partial charge on any atom is -0.495 e. The average Bonchev–Trinajstić information content (AvgIpc) is 2.45. The lowest BCUT2D eigenvalue weighted by molar-refractivity contribution is 0.330. The van der Waals surface area contributed by atoms with E-state index in [1.165, 1.54) is 0 Å². The molecule has 112 valence electrons. The van der Waals surface area contributed by atoms with Gasteiger partial charge in [0.1, 0.15) is 18.1 Å². The first-order valence-corrected chi connectivity index (χ1v) is 7.32. The standard InChI is InChI=1S/C16H17Cl2NO2/c1-11-9-12(17)3-5-15(11)21-8-7-19-13-4-6-16(20-2)14(18)10-13/h3-6,9-10,19H,7-8H2,1-2H3. The highest BCUT2D eigenvalue weighted by atomic mass is 35.5. The van der Waals surface area contributed by atoms with Crippen LogP contribution in [0, 0.1) is 6.92 Å². The summed E-state index contributed by atoms with van der Waals surface area (Å²) in [4.78, 5) is 0. The third-order valence-electron chi connectivity index (χ3n) is 2.98. The van der Waals surface area contributed by atoms with Gasteiger partial charge in [0.2, 0.25) is 0 Å². The number of benzene rings is 2. The van der Waals surface area contributed by atoms with Gasteiger partial charge in [-0.25, -0.2) is 0 Å². The molecule has 0 fully saturated rings. The fraction of sp³-hybridized carbons (Fsp3) is 0.250. The lowest BCUT2D eigenvalue weighted by Crippen LogP contribution is -2.11. The topological polar surface area (TPSA) is 30.5 Å². The first-order chi connectivity index (χ1) is 10.1. The van der Waals surface area contributed by atoms with E-state index in [2.05, 4.69) is 5.32 Å². The zero-order chi connectivity index (χ0) is 15.2. The molecule has 2 aromatic rings. The highest BCUT2D eigenvalue weighted by Crippen LogP contribution is 2.27. The summed E-state index contributed by atoms with van der Waals surface area (Å²) in [5.41, 5.74) is 1.95. The molecule has 2 rings (SSSR count). The predicted octanol–water partition coefficient (Wildman–Crippen LogP) is 4.80. The number of nitrogens with one attached hydrogen (secondary N) is 1. The molecule has 0 saturated heterocycles. The Morgan fingerprint density at radius 2 is 1.81 bits per heavy atom. The number of anilines is 1. The first kappa shape index (κ1) is 15.8. The van der Waals surface area contributed by atoms with Crippen LogP contribution in [0.4, 0.5) is 5.69 Å². The van der Waals surface area contributed by atoms with Crippen molar-refractivity contribution < 1.29 is 9.47 Å². The third kappa shape index (κ3) is 4.45. The van der Waals surface area contributed by atoms with Crippen molar-refractivity contribution in [2.24, 2.45) is 0 Å². The van der Waals surface area contributed by atoms with Gasteiger partial charge in [0.25, 0.3) is 0 Å². The van der Waals surface area contributed by atoms with Crippen molar-refractivity contribution in [2.75, 3.05) is 25.6 Å². The number of halogens is 2. The second-order valence-corrected chi connectivity index (χ2v) is 5.38. The average molecular weight is 326 g/mol. The van der Waals surface area contributed by atoms with Crippen molar-refractivity contribution in [3.8, 4) is 11.5 Å². The van der Waals surface area contributed by atoms with Gasteiger partial charge in [-0.1, -0.05) is 23.2 Å². The minimum atomic E-state index is 0.548. The molecule has 3 nitrogen and oxygen atoms in total. The van der Waals surface area contributed by atoms with E-state index in [0.717, 1.165) is 17.0 Å². The predicted molar refractivity (Wildman–Crippen MR) is 88.2 cm³/mol. The summed E-state index contributed by atoms with van der Waals surface area (Å²) >= 11 is 12.0. The molecule has 0 aliphatic carbocycles. The molecular weight excluding hydrogens is 309 g/mol. The SMILES string of the molecule is COc1ccc(NCCOc2ccc(Cl)cc2C)cc1Cl. The smallest absolute Gasteiger partial charge is 0.137 e. The van der Waals surface area contributed by atoms with E-state index in [-0.39, 0.29) is 0 Å². The summed E-state index contributed by atoms with van der Waals surface area (Å²) < 4.78 is 10.8. The van der Waals surface area contributed by atoms with Crippen LogP contribution in [-0.4, -0.2) is 20.3 Å². The summed E-state index contributed by atoms with van der Waals surface area (Å²) in [5.74, 6) is 1.50. The van der Waals surface area contributed by atoms with Crippen LogP contribution in [0.1, 0.15) is 5.56 Å². The van der Waals surface area contributed by atoms with Gasteiger partial charge in [-0.3, -0.25) is 0 Å². The maximum Gasteiger partial charge on any atom is 0.137 e. The molecular formula is C16H17Cl2NO2. The van der Waals surface area contributed by atoms with Crippen LogP contribution in [0.5, 0.6) is 11.5 Å². The van der Waals surface area contributed by atoms with Crippen LogP contribution in [-0.2, 0) is 0 Å². The highest BCUT2D eigenvalue weighted by molar-refractivity contribution is 6.32. The summed E-state index contributed by atoms with van der Waals surface area (Å²) in [6, 6.07) is 11.1. The van der Waals surface area contributed by atoms with Crippen LogP contribution >= 0.6 is 23.2 Å². The van der Waals surface area contributed by atoms with Gasteiger partial charge in [0.15, 0.2) is 0 Å². The van der Waals surface area contributed by atoms with Gasteiger partial charge in [0.05, 0.1) is 12.1 Å². The number of hydrogen-bond donors (Lipinski definition) is 1. The molecule has 0 heterocycles. The van der Waals surface area contributed by atoms with E-state index >= 15 is 0 Å². The van der Waals surface area contributed by atoms with Crippen LogP contribution in [0.15, 0.2) is 36.4 Å². The van der Waals surface area contributed by atoms with E-state index in [1.807, 2.05) is 43.3 Å². The zero-order valence-corrected chi connectivity index (χ0v) is 13.5. The number of aryl methyl sites for hydroxylation is 1. The molecule has 0 radical (unpaired) electrons. The van der Waals surface area contributed by atoms with Gasteiger partial charge < -0.3 is 14.8 Å². The second kappa shape index (κ2) is 7.43.